The molecule has 2 aromatic carbocycles. The maximum Gasteiger partial charge on any atom is 0.418 e. The van der Waals surface area contributed by atoms with Gasteiger partial charge in [0.25, 0.3) is 5.91 Å². The van der Waals surface area contributed by atoms with Gasteiger partial charge in [-0.15, -0.1) is 0 Å². The van der Waals surface area contributed by atoms with Crippen molar-refractivity contribution < 1.29 is 27.8 Å². The topological polar surface area (TPSA) is 70.6 Å². The van der Waals surface area contributed by atoms with Crippen molar-refractivity contribution in [3.63, 3.8) is 0 Å². The second kappa shape index (κ2) is 7.74. The quantitative estimate of drug-likeness (QED) is 0.639. The van der Waals surface area contributed by atoms with Crippen LogP contribution in [0.15, 0.2) is 30.3 Å². The molecule has 160 valence electrons. The van der Waals surface area contributed by atoms with Crippen molar-refractivity contribution in [3.05, 3.63) is 47.0 Å². The minimum absolute atomic E-state index is 0.0959. The van der Waals surface area contributed by atoms with E-state index in [1.54, 1.807) is 6.07 Å². The first-order valence-electron chi connectivity index (χ1n) is 9.98. The normalized spacial score (nSPS) is 19.0. The highest BCUT2D eigenvalue weighted by atomic mass is 19.4. The SMILES string of the molecule is Cc1ccc2c(c1)OC(C(=O)Nc1cc(O)c(C3CCCC3)cc1C(F)(F)F)CN2. The Morgan fingerprint density at radius 2 is 1.93 bits per heavy atom. The molecule has 5 nitrogen and oxygen atoms in total. The van der Waals surface area contributed by atoms with Gasteiger partial charge in [0.05, 0.1) is 23.5 Å². The number of phenols is 1. The van der Waals surface area contributed by atoms with Crippen LogP contribution in [0.1, 0.15) is 48.3 Å². The van der Waals surface area contributed by atoms with Crippen molar-refractivity contribution in [1.29, 1.82) is 0 Å². The Kier molecular flexibility index (Phi) is 5.26. The number of benzene rings is 2. The molecule has 1 atom stereocenters. The van der Waals surface area contributed by atoms with E-state index in [2.05, 4.69) is 10.6 Å². The van der Waals surface area contributed by atoms with E-state index in [0.29, 0.717) is 5.75 Å². The number of rotatable bonds is 3. The number of hydrogen-bond acceptors (Lipinski definition) is 4. The highest BCUT2D eigenvalue weighted by Crippen LogP contribution is 2.44. The molecule has 1 amide bonds. The molecule has 3 N–H and O–H groups in total. The standard InChI is InChI=1S/C22H23F3N2O3/c1-12-6-7-16-19(8-12)30-20(11-26-16)21(29)27-17-10-18(28)14(13-4-2-3-5-13)9-15(17)22(23,24)25/h6-10,13,20,26,28H,2-5,11H2,1H3,(H,27,29). The number of phenolic OH excluding ortho intramolecular Hbond substituents is 1. The van der Waals surface area contributed by atoms with E-state index in [1.807, 2.05) is 19.1 Å². The van der Waals surface area contributed by atoms with E-state index in [1.165, 1.54) is 0 Å². The van der Waals surface area contributed by atoms with Gasteiger partial charge in [0, 0.05) is 6.07 Å². The van der Waals surface area contributed by atoms with Gasteiger partial charge < -0.3 is 20.5 Å². The number of aromatic hydroxyl groups is 1. The summed E-state index contributed by atoms with van der Waals surface area (Å²) >= 11 is 0. The van der Waals surface area contributed by atoms with Crippen LogP contribution in [-0.2, 0) is 11.0 Å². The summed E-state index contributed by atoms with van der Waals surface area (Å²) < 4.78 is 46.8. The molecule has 0 saturated heterocycles. The number of carbonyl (C=O) groups is 1. The number of fused-ring (bicyclic) bond motifs is 1. The highest BCUT2D eigenvalue weighted by molar-refractivity contribution is 5.96. The lowest BCUT2D eigenvalue weighted by atomic mass is 9.94. The fourth-order valence-corrected chi connectivity index (χ4v) is 4.14. The predicted molar refractivity (Wildman–Crippen MR) is 107 cm³/mol. The number of carbonyl (C=O) groups excluding carboxylic acids is 1. The number of halogens is 3. The molecule has 2 aliphatic rings. The summed E-state index contributed by atoms with van der Waals surface area (Å²) in [6.45, 7) is 1.99. The average molecular weight is 420 g/mol. The maximum atomic E-state index is 13.7. The summed E-state index contributed by atoms with van der Waals surface area (Å²) in [7, 11) is 0. The molecule has 1 fully saturated rings. The Balaban J connectivity index is 1.59. The van der Waals surface area contributed by atoms with Crippen molar-refractivity contribution in [2.75, 3.05) is 17.2 Å². The molecule has 0 radical (unpaired) electrons. The Morgan fingerprint density at radius 3 is 2.63 bits per heavy atom. The Bertz CT molecular complexity index is 969. The lowest BCUT2D eigenvalue weighted by Gasteiger charge is -2.27. The summed E-state index contributed by atoms with van der Waals surface area (Å²) in [5.74, 6) is -0.569. The number of hydrogen-bond donors (Lipinski definition) is 3. The van der Waals surface area contributed by atoms with Crippen LogP contribution in [-0.4, -0.2) is 23.7 Å². The summed E-state index contributed by atoms with van der Waals surface area (Å²) in [4.78, 5) is 12.7. The van der Waals surface area contributed by atoms with Gasteiger partial charge >= 0.3 is 6.18 Å². The van der Waals surface area contributed by atoms with E-state index in [4.69, 9.17) is 4.74 Å². The summed E-state index contributed by atoms with van der Waals surface area (Å²) in [6, 6.07) is 7.44. The molecular weight excluding hydrogens is 397 g/mol. The van der Waals surface area contributed by atoms with Crippen molar-refractivity contribution in [1.82, 2.24) is 0 Å². The van der Waals surface area contributed by atoms with Crippen LogP contribution in [0.2, 0.25) is 0 Å². The van der Waals surface area contributed by atoms with Gasteiger partial charge in [0.2, 0.25) is 0 Å². The summed E-state index contributed by atoms with van der Waals surface area (Å²) in [5, 5.41) is 15.7. The molecule has 1 heterocycles. The molecule has 30 heavy (non-hydrogen) atoms. The third-order valence-electron chi connectivity index (χ3n) is 5.70. The second-order valence-corrected chi connectivity index (χ2v) is 7.91. The van der Waals surface area contributed by atoms with E-state index in [9.17, 15) is 23.1 Å². The maximum absolute atomic E-state index is 13.7. The zero-order chi connectivity index (χ0) is 21.5. The third-order valence-corrected chi connectivity index (χ3v) is 5.70. The Hall–Kier alpha value is -2.90. The van der Waals surface area contributed by atoms with Crippen LogP contribution in [0.4, 0.5) is 24.5 Å². The number of alkyl halides is 3. The highest BCUT2D eigenvalue weighted by Gasteiger charge is 2.37. The van der Waals surface area contributed by atoms with E-state index in [-0.39, 0.29) is 23.8 Å². The van der Waals surface area contributed by atoms with Gasteiger partial charge in [-0.25, -0.2) is 0 Å². The zero-order valence-corrected chi connectivity index (χ0v) is 16.5. The number of amides is 1. The zero-order valence-electron chi connectivity index (χ0n) is 16.5. The molecular formula is C22H23F3N2O3. The van der Waals surface area contributed by atoms with Gasteiger partial charge in [-0.3, -0.25) is 4.79 Å². The first-order chi connectivity index (χ1) is 14.2. The molecule has 1 unspecified atom stereocenters. The monoisotopic (exact) mass is 420 g/mol. The molecule has 0 spiro atoms. The minimum atomic E-state index is -4.67. The molecule has 0 aromatic heterocycles. The molecule has 4 rings (SSSR count). The molecule has 1 aliphatic carbocycles. The van der Waals surface area contributed by atoms with Crippen molar-refractivity contribution in [2.24, 2.45) is 0 Å². The van der Waals surface area contributed by atoms with Gasteiger partial charge in [0.1, 0.15) is 11.5 Å². The lowest BCUT2D eigenvalue weighted by Crippen LogP contribution is -2.41. The molecule has 8 heteroatoms. The summed E-state index contributed by atoms with van der Waals surface area (Å²) in [6.07, 6.45) is -2.32. The number of anilines is 2. The average Bonchev–Trinajstić information content (AvgIpc) is 3.21. The smallest absolute Gasteiger partial charge is 0.418 e. The minimum Gasteiger partial charge on any atom is -0.508 e. The fraction of sp³-hybridized carbons (Fsp3) is 0.409. The van der Waals surface area contributed by atoms with Crippen molar-refractivity contribution in [3.8, 4) is 11.5 Å². The van der Waals surface area contributed by atoms with E-state index < -0.39 is 29.4 Å². The van der Waals surface area contributed by atoms with E-state index in [0.717, 1.165) is 49.1 Å². The fourth-order valence-electron chi connectivity index (χ4n) is 4.14. The second-order valence-electron chi connectivity index (χ2n) is 7.91. The first-order valence-corrected chi connectivity index (χ1v) is 9.98. The first kappa shape index (κ1) is 20.4. The number of ether oxygens (including phenoxy) is 1. The number of aryl methyl sites for hydroxylation is 1. The van der Waals surface area contributed by atoms with Crippen LogP contribution >= 0.6 is 0 Å². The summed E-state index contributed by atoms with van der Waals surface area (Å²) in [5.41, 5.74) is 0.515. The van der Waals surface area contributed by atoms with Gasteiger partial charge in [-0.1, -0.05) is 18.9 Å². The van der Waals surface area contributed by atoms with Crippen LogP contribution in [0.5, 0.6) is 11.5 Å². The van der Waals surface area contributed by atoms with Crippen molar-refractivity contribution in [2.45, 2.75) is 50.8 Å². The van der Waals surface area contributed by atoms with Gasteiger partial charge in [-0.05, 0) is 55.0 Å². The van der Waals surface area contributed by atoms with Gasteiger partial charge in [0.15, 0.2) is 6.10 Å². The van der Waals surface area contributed by atoms with E-state index >= 15 is 0 Å². The molecule has 2 aromatic rings. The van der Waals surface area contributed by atoms with Crippen molar-refractivity contribution >= 4 is 17.3 Å². The third kappa shape index (κ3) is 4.04. The van der Waals surface area contributed by atoms with Gasteiger partial charge in [-0.2, -0.15) is 13.2 Å². The largest absolute Gasteiger partial charge is 0.508 e. The number of nitrogens with one attached hydrogen (secondary N) is 2. The molecule has 0 bridgehead atoms. The van der Waals surface area contributed by atoms with Crippen LogP contribution in [0.25, 0.3) is 0 Å². The predicted octanol–water partition coefficient (Wildman–Crippen LogP) is 5.19. The lowest BCUT2D eigenvalue weighted by molar-refractivity contribution is -0.137. The molecule has 1 aliphatic heterocycles. The van der Waals surface area contributed by atoms with Crippen LogP contribution in [0, 0.1) is 6.92 Å². The van der Waals surface area contributed by atoms with Crippen LogP contribution < -0.4 is 15.4 Å². The molecule has 1 saturated carbocycles. The Morgan fingerprint density at radius 1 is 1.20 bits per heavy atom. The Labute approximate surface area is 172 Å². The van der Waals surface area contributed by atoms with Crippen LogP contribution in [0.3, 0.4) is 0 Å².